The van der Waals surface area contributed by atoms with Crippen molar-refractivity contribution in [2.75, 3.05) is 0 Å². The van der Waals surface area contributed by atoms with Crippen molar-refractivity contribution in [3.8, 4) is 22.8 Å². The molecule has 3 nitrogen and oxygen atoms in total. The number of ether oxygens (including phenoxy) is 1. The summed E-state index contributed by atoms with van der Waals surface area (Å²) in [4.78, 5) is 18.1. The molecule has 0 aliphatic heterocycles. The van der Waals surface area contributed by atoms with Crippen LogP contribution in [0.15, 0.2) is 66.9 Å². The number of hydrogen-bond acceptors (Lipinski definition) is 3. The van der Waals surface area contributed by atoms with E-state index in [2.05, 4.69) is 37.9 Å². The monoisotopic (exact) mass is 393 g/mol. The minimum Gasteiger partial charge on any atom is -0.456 e. The largest absolute Gasteiger partial charge is 0.456 e. The quantitative estimate of drug-likeness (QED) is 0.329. The van der Waals surface area contributed by atoms with E-state index in [1.165, 1.54) is 5.56 Å². The lowest BCUT2D eigenvalue weighted by atomic mass is 9.85. The zero-order valence-corrected chi connectivity index (χ0v) is 17.6. The Balaban J connectivity index is 1.69. The standard InChI is InChI=1S/C27H23NO2/c1-16-15-18(27(2,3)4)10-12-21(16)30-22-11-9-17-13-14-28-25-19-7-5-6-8-20(19)26(29)24(22)23(17)25/h5-15H,1-4H3. The number of ketones is 1. The van der Waals surface area contributed by atoms with Crippen LogP contribution in [0.2, 0.25) is 0 Å². The number of fused-ring (bicyclic) bond motifs is 2. The molecule has 0 saturated carbocycles. The first-order chi connectivity index (χ1) is 14.3. The third kappa shape index (κ3) is 2.81. The average Bonchev–Trinajstić information content (AvgIpc) is 2.73. The summed E-state index contributed by atoms with van der Waals surface area (Å²) in [6.45, 7) is 8.63. The first kappa shape index (κ1) is 18.6. The molecule has 0 atom stereocenters. The van der Waals surface area contributed by atoms with Gasteiger partial charge >= 0.3 is 0 Å². The van der Waals surface area contributed by atoms with Crippen molar-refractivity contribution in [3.63, 3.8) is 0 Å². The Bertz CT molecular complexity index is 1330. The van der Waals surface area contributed by atoms with Crippen LogP contribution in [0.1, 0.15) is 47.8 Å². The van der Waals surface area contributed by atoms with Crippen LogP contribution in [-0.4, -0.2) is 10.8 Å². The predicted octanol–water partition coefficient (Wildman–Crippen LogP) is 6.84. The Kier molecular flexibility index (Phi) is 4.04. The van der Waals surface area contributed by atoms with Crippen LogP contribution in [0.5, 0.6) is 11.5 Å². The van der Waals surface area contributed by atoms with Gasteiger partial charge in [0.25, 0.3) is 0 Å². The van der Waals surface area contributed by atoms with Crippen LogP contribution in [0.25, 0.3) is 22.0 Å². The molecule has 1 aliphatic rings. The van der Waals surface area contributed by atoms with Crippen LogP contribution >= 0.6 is 0 Å². The zero-order valence-electron chi connectivity index (χ0n) is 17.6. The maximum atomic E-state index is 13.5. The fraction of sp³-hybridized carbons (Fsp3) is 0.185. The van der Waals surface area contributed by atoms with E-state index in [0.29, 0.717) is 16.9 Å². The average molecular weight is 393 g/mol. The number of rotatable bonds is 2. The predicted molar refractivity (Wildman–Crippen MR) is 121 cm³/mol. The number of aryl methyl sites for hydroxylation is 1. The summed E-state index contributed by atoms with van der Waals surface area (Å²) in [5.41, 5.74) is 5.34. The van der Waals surface area contributed by atoms with Crippen molar-refractivity contribution in [3.05, 3.63) is 89.1 Å². The summed E-state index contributed by atoms with van der Waals surface area (Å²) in [6.07, 6.45) is 1.80. The molecule has 148 valence electrons. The van der Waals surface area contributed by atoms with Crippen LogP contribution in [-0.2, 0) is 5.41 Å². The molecule has 0 radical (unpaired) electrons. The number of hydrogen-bond donors (Lipinski definition) is 0. The summed E-state index contributed by atoms with van der Waals surface area (Å²) < 4.78 is 6.33. The fourth-order valence-electron chi connectivity index (χ4n) is 4.14. The van der Waals surface area contributed by atoms with Crippen LogP contribution in [0, 0.1) is 6.92 Å². The van der Waals surface area contributed by atoms with Crippen molar-refractivity contribution in [2.45, 2.75) is 33.1 Å². The molecule has 0 unspecified atom stereocenters. The van der Waals surface area contributed by atoms with E-state index in [9.17, 15) is 4.79 Å². The molecule has 0 N–H and O–H groups in total. The molecule has 1 aromatic heterocycles. The maximum absolute atomic E-state index is 13.5. The second-order valence-electron chi connectivity index (χ2n) is 8.90. The van der Waals surface area contributed by atoms with Crippen molar-refractivity contribution in [1.29, 1.82) is 0 Å². The summed E-state index contributed by atoms with van der Waals surface area (Å²) in [6, 6.07) is 19.7. The third-order valence-corrected chi connectivity index (χ3v) is 5.81. The molecule has 0 bridgehead atoms. The van der Waals surface area contributed by atoms with E-state index in [-0.39, 0.29) is 11.2 Å². The molecular formula is C27H23NO2. The maximum Gasteiger partial charge on any atom is 0.198 e. The van der Waals surface area contributed by atoms with Crippen LogP contribution < -0.4 is 4.74 Å². The summed E-state index contributed by atoms with van der Waals surface area (Å²) in [7, 11) is 0. The lowest BCUT2D eigenvalue weighted by molar-refractivity contribution is 0.103. The van der Waals surface area contributed by atoms with E-state index in [0.717, 1.165) is 33.3 Å². The molecule has 4 aromatic rings. The highest BCUT2D eigenvalue weighted by atomic mass is 16.5. The number of carbonyl (C=O) groups excluding carboxylic acids is 1. The second-order valence-corrected chi connectivity index (χ2v) is 8.90. The lowest BCUT2D eigenvalue weighted by Crippen LogP contribution is -2.13. The number of nitrogens with zero attached hydrogens (tertiary/aromatic N) is 1. The molecule has 0 spiro atoms. The van der Waals surface area contributed by atoms with E-state index < -0.39 is 0 Å². The lowest BCUT2D eigenvalue weighted by Gasteiger charge is -2.23. The van der Waals surface area contributed by atoms with E-state index >= 15 is 0 Å². The number of aromatic nitrogens is 1. The van der Waals surface area contributed by atoms with Crippen molar-refractivity contribution < 1.29 is 9.53 Å². The van der Waals surface area contributed by atoms with E-state index in [1.807, 2.05) is 55.5 Å². The number of carbonyl (C=O) groups is 1. The summed E-state index contributed by atoms with van der Waals surface area (Å²) in [5.74, 6) is 1.31. The molecule has 0 amide bonds. The molecule has 3 heteroatoms. The molecule has 3 aromatic carbocycles. The highest BCUT2D eigenvalue weighted by molar-refractivity contribution is 6.26. The first-order valence-corrected chi connectivity index (χ1v) is 10.2. The van der Waals surface area contributed by atoms with Gasteiger partial charge in [-0.3, -0.25) is 9.78 Å². The molecule has 0 saturated heterocycles. The van der Waals surface area contributed by atoms with Crippen LogP contribution in [0.3, 0.4) is 0 Å². The van der Waals surface area contributed by atoms with Gasteiger partial charge < -0.3 is 4.74 Å². The smallest absolute Gasteiger partial charge is 0.198 e. The van der Waals surface area contributed by atoms with Gasteiger partial charge in [-0.25, -0.2) is 0 Å². The molecule has 0 fully saturated rings. The Labute approximate surface area is 176 Å². The second kappa shape index (κ2) is 6.53. The highest BCUT2D eigenvalue weighted by Crippen LogP contribution is 2.43. The van der Waals surface area contributed by atoms with Gasteiger partial charge in [-0.05, 0) is 47.1 Å². The van der Waals surface area contributed by atoms with Gasteiger partial charge in [0.2, 0.25) is 0 Å². The Morgan fingerprint density at radius 2 is 1.60 bits per heavy atom. The molecule has 30 heavy (non-hydrogen) atoms. The van der Waals surface area contributed by atoms with Gasteiger partial charge in [0, 0.05) is 22.7 Å². The normalized spacial score (nSPS) is 12.7. The minimum absolute atomic E-state index is 0.0179. The Morgan fingerprint density at radius 1 is 0.867 bits per heavy atom. The van der Waals surface area contributed by atoms with Gasteiger partial charge in [-0.15, -0.1) is 0 Å². The van der Waals surface area contributed by atoms with Crippen LogP contribution in [0.4, 0.5) is 0 Å². The Morgan fingerprint density at radius 3 is 2.33 bits per heavy atom. The van der Waals surface area contributed by atoms with Crippen molar-refractivity contribution in [1.82, 2.24) is 4.98 Å². The van der Waals surface area contributed by atoms with Crippen molar-refractivity contribution >= 4 is 16.6 Å². The van der Waals surface area contributed by atoms with Gasteiger partial charge in [0.05, 0.1) is 11.3 Å². The number of pyridine rings is 1. The highest BCUT2D eigenvalue weighted by Gasteiger charge is 2.29. The van der Waals surface area contributed by atoms with Gasteiger partial charge in [-0.1, -0.05) is 63.2 Å². The third-order valence-electron chi connectivity index (χ3n) is 5.81. The molecule has 1 aliphatic carbocycles. The van der Waals surface area contributed by atoms with Crippen molar-refractivity contribution in [2.24, 2.45) is 0 Å². The summed E-state index contributed by atoms with van der Waals surface area (Å²) in [5, 5.41) is 1.85. The number of benzene rings is 3. The molecular weight excluding hydrogens is 370 g/mol. The fourth-order valence-corrected chi connectivity index (χ4v) is 4.14. The first-order valence-electron chi connectivity index (χ1n) is 10.2. The topological polar surface area (TPSA) is 39.2 Å². The van der Waals surface area contributed by atoms with Gasteiger partial charge in [0.1, 0.15) is 11.5 Å². The zero-order chi connectivity index (χ0) is 21.0. The van der Waals surface area contributed by atoms with Gasteiger partial charge in [-0.2, -0.15) is 0 Å². The van der Waals surface area contributed by atoms with E-state index in [1.54, 1.807) is 6.20 Å². The van der Waals surface area contributed by atoms with E-state index in [4.69, 9.17) is 4.74 Å². The minimum atomic E-state index is -0.0179. The Hall–Kier alpha value is -3.46. The van der Waals surface area contributed by atoms with Gasteiger partial charge in [0.15, 0.2) is 5.78 Å². The molecule has 1 heterocycles. The SMILES string of the molecule is Cc1cc(C(C)(C)C)ccc1Oc1ccc2ccnc3c2c1C(=O)c1ccccc1-3. The molecule has 5 rings (SSSR count). The summed E-state index contributed by atoms with van der Waals surface area (Å²) >= 11 is 0.